The van der Waals surface area contributed by atoms with Crippen molar-refractivity contribution in [2.45, 2.75) is 38.1 Å². The number of benzene rings is 2. The molecule has 2 amide bonds. The molecule has 0 saturated carbocycles. The summed E-state index contributed by atoms with van der Waals surface area (Å²) in [5.41, 5.74) is 2.94. The van der Waals surface area contributed by atoms with Gasteiger partial charge in [0, 0.05) is 31.0 Å². The van der Waals surface area contributed by atoms with Crippen molar-refractivity contribution in [2.75, 3.05) is 29.9 Å². The van der Waals surface area contributed by atoms with Crippen molar-refractivity contribution >= 4 is 23.2 Å². The van der Waals surface area contributed by atoms with E-state index in [-0.39, 0.29) is 17.9 Å². The van der Waals surface area contributed by atoms with E-state index in [1.54, 1.807) is 4.90 Å². The fraction of sp³-hybridized carbons (Fsp3) is 0.391. The van der Waals surface area contributed by atoms with E-state index in [0.717, 1.165) is 42.9 Å². The predicted octanol–water partition coefficient (Wildman–Crippen LogP) is 3.46. The standard InChI is InChI=1S/C23H27N3O2/c27-22(16-18-8-2-1-3-9-18)26-15-7-12-21(26)23(28)24-19-10-6-11-20(17-19)25-13-4-5-14-25/h1-3,6,8-11,17,21H,4-5,7,12-16H2,(H,24,28). The molecular weight excluding hydrogens is 350 g/mol. The van der Waals surface area contributed by atoms with Crippen LogP contribution in [0.1, 0.15) is 31.2 Å². The van der Waals surface area contributed by atoms with Crippen LogP contribution in [0.25, 0.3) is 0 Å². The Labute approximate surface area is 166 Å². The highest BCUT2D eigenvalue weighted by Gasteiger charge is 2.34. The van der Waals surface area contributed by atoms with Crippen LogP contribution in [0, 0.1) is 0 Å². The normalized spacial score (nSPS) is 19.1. The highest BCUT2D eigenvalue weighted by atomic mass is 16.2. The molecule has 1 atom stereocenters. The smallest absolute Gasteiger partial charge is 0.247 e. The molecule has 2 aliphatic rings. The third kappa shape index (κ3) is 4.19. The number of anilines is 2. The third-order valence-electron chi connectivity index (χ3n) is 5.66. The monoisotopic (exact) mass is 377 g/mol. The summed E-state index contributed by atoms with van der Waals surface area (Å²) in [6, 6.07) is 17.4. The largest absolute Gasteiger partial charge is 0.371 e. The molecule has 2 saturated heterocycles. The van der Waals surface area contributed by atoms with Crippen LogP contribution < -0.4 is 10.2 Å². The van der Waals surface area contributed by atoms with Crippen LogP contribution in [0.3, 0.4) is 0 Å². The van der Waals surface area contributed by atoms with Crippen molar-refractivity contribution in [3.8, 4) is 0 Å². The second-order valence-corrected chi connectivity index (χ2v) is 7.64. The van der Waals surface area contributed by atoms with Crippen molar-refractivity contribution in [2.24, 2.45) is 0 Å². The molecule has 2 fully saturated rings. The number of carbonyl (C=O) groups excluding carboxylic acids is 2. The summed E-state index contributed by atoms with van der Waals surface area (Å²) in [6.45, 7) is 2.79. The molecule has 2 aromatic rings. The molecule has 5 heteroatoms. The lowest BCUT2D eigenvalue weighted by atomic mass is 10.1. The van der Waals surface area contributed by atoms with Crippen LogP contribution in [-0.4, -0.2) is 42.4 Å². The summed E-state index contributed by atoms with van der Waals surface area (Å²) in [5, 5.41) is 3.04. The molecule has 1 unspecified atom stereocenters. The van der Waals surface area contributed by atoms with Crippen molar-refractivity contribution in [3.05, 3.63) is 60.2 Å². The van der Waals surface area contributed by atoms with Gasteiger partial charge in [0.25, 0.3) is 0 Å². The number of likely N-dealkylation sites (tertiary alicyclic amines) is 1. The van der Waals surface area contributed by atoms with Crippen LogP contribution in [-0.2, 0) is 16.0 Å². The minimum atomic E-state index is -0.383. The summed E-state index contributed by atoms with van der Waals surface area (Å²) in [4.78, 5) is 29.7. The molecule has 0 spiro atoms. The Balaban J connectivity index is 1.41. The zero-order chi connectivity index (χ0) is 19.3. The van der Waals surface area contributed by atoms with Crippen molar-refractivity contribution < 1.29 is 9.59 Å². The fourth-order valence-electron chi connectivity index (χ4n) is 4.19. The van der Waals surface area contributed by atoms with E-state index in [1.165, 1.54) is 12.8 Å². The molecule has 0 aromatic heterocycles. The quantitative estimate of drug-likeness (QED) is 0.868. The summed E-state index contributed by atoms with van der Waals surface area (Å²) < 4.78 is 0. The second kappa shape index (κ2) is 8.46. The zero-order valence-corrected chi connectivity index (χ0v) is 16.1. The lowest BCUT2D eigenvalue weighted by molar-refractivity contribution is -0.136. The van der Waals surface area contributed by atoms with Crippen LogP contribution in [0.4, 0.5) is 11.4 Å². The molecule has 4 rings (SSSR count). The van der Waals surface area contributed by atoms with Gasteiger partial charge in [0.1, 0.15) is 6.04 Å². The highest BCUT2D eigenvalue weighted by molar-refractivity contribution is 5.98. The number of nitrogens with zero attached hydrogens (tertiary/aromatic N) is 2. The Kier molecular flexibility index (Phi) is 5.60. The van der Waals surface area contributed by atoms with Crippen LogP contribution in [0.2, 0.25) is 0 Å². The summed E-state index contributed by atoms with van der Waals surface area (Å²) in [5.74, 6) is -0.0628. The zero-order valence-electron chi connectivity index (χ0n) is 16.1. The molecule has 146 valence electrons. The van der Waals surface area contributed by atoms with Crippen LogP contribution in [0.15, 0.2) is 54.6 Å². The first kappa shape index (κ1) is 18.5. The minimum absolute atomic E-state index is 0.0228. The molecule has 0 aliphatic carbocycles. The van der Waals surface area contributed by atoms with Gasteiger partial charge in [-0.2, -0.15) is 0 Å². The molecule has 2 heterocycles. The van der Waals surface area contributed by atoms with Gasteiger partial charge in [-0.1, -0.05) is 36.4 Å². The Hall–Kier alpha value is -2.82. The first-order chi connectivity index (χ1) is 13.7. The van der Waals surface area contributed by atoms with E-state index in [1.807, 2.05) is 48.5 Å². The SMILES string of the molecule is O=C(Nc1cccc(N2CCCC2)c1)C1CCCN1C(=O)Cc1ccccc1. The second-order valence-electron chi connectivity index (χ2n) is 7.64. The van der Waals surface area contributed by atoms with Gasteiger partial charge in [0.2, 0.25) is 11.8 Å². The van der Waals surface area contributed by atoms with E-state index in [0.29, 0.717) is 13.0 Å². The summed E-state index contributed by atoms with van der Waals surface area (Å²) in [6.07, 6.45) is 4.37. The Bertz CT molecular complexity index is 831. The van der Waals surface area contributed by atoms with Gasteiger partial charge in [-0.3, -0.25) is 9.59 Å². The van der Waals surface area contributed by atoms with Gasteiger partial charge in [0.15, 0.2) is 0 Å². The van der Waals surface area contributed by atoms with E-state index >= 15 is 0 Å². The Morgan fingerprint density at radius 2 is 1.71 bits per heavy atom. The van der Waals surface area contributed by atoms with E-state index in [4.69, 9.17) is 0 Å². The minimum Gasteiger partial charge on any atom is -0.371 e. The molecule has 2 aromatic carbocycles. The van der Waals surface area contributed by atoms with Gasteiger partial charge in [0.05, 0.1) is 6.42 Å². The van der Waals surface area contributed by atoms with Crippen LogP contribution in [0.5, 0.6) is 0 Å². The predicted molar refractivity (Wildman–Crippen MR) is 111 cm³/mol. The fourth-order valence-corrected chi connectivity index (χ4v) is 4.19. The molecule has 1 N–H and O–H groups in total. The molecule has 0 radical (unpaired) electrons. The molecule has 2 aliphatic heterocycles. The number of carbonyl (C=O) groups is 2. The van der Waals surface area contributed by atoms with Gasteiger partial charge in [-0.05, 0) is 49.4 Å². The summed E-state index contributed by atoms with van der Waals surface area (Å²) in [7, 11) is 0. The lowest BCUT2D eigenvalue weighted by Gasteiger charge is -2.24. The maximum absolute atomic E-state index is 12.9. The molecule has 28 heavy (non-hydrogen) atoms. The average Bonchev–Trinajstić information content (AvgIpc) is 3.41. The summed E-state index contributed by atoms with van der Waals surface area (Å²) >= 11 is 0. The average molecular weight is 377 g/mol. The topological polar surface area (TPSA) is 52.7 Å². The molecular formula is C23H27N3O2. The maximum atomic E-state index is 12.9. The molecule has 0 bridgehead atoms. The highest BCUT2D eigenvalue weighted by Crippen LogP contribution is 2.25. The number of nitrogens with one attached hydrogen (secondary N) is 1. The van der Waals surface area contributed by atoms with Gasteiger partial charge in [-0.25, -0.2) is 0 Å². The first-order valence-electron chi connectivity index (χ1n) is 10.2. The van der Waals surface area contributed by atoms with Crippen LogP contribution >= 0.6 is 0 Å². The van der Waals surface area contributed by atoms with E-state index < -0.39 is 0 Å². The van der Waals surface area contributed by atoms with Crippen molar-refractivity contribution in [1.82, 2.24) is 4.90 Å². The van der Waals surface area contributed by atoms with Crippen molar-refractivity contribution in [3.63, 3.8) is 0 Å². The van der Waals surface area contributed by atoms with Gasteiger partial charge in [-0.15, -0.1) is 0 Å². The first-order valence-corrected chi connectivity index (χ1v) is 10.2. The van der Waals surface area contributed by atoms with E-state index in [9.17, 15) is 9.59 Å². The Morgan fingerprint density at radius 1 is 0.929 bits per heavy atom. The number of hydrogen-bond donors (Lipinski definition) is 1. The van der Waals surface area contributed by atoms with Crippen molar-refractivity contribution in [1.29, 1.82) is 0 Å². The Morgan fingerprint density at radius 3 is 2.50 bits per heavy atom. The number of amides is 2. The van der Waals surface area contributed by atoms with Gasteiger partial charge >= 0.3 is 0 Å². The molecule has 5 nitrogen and oxygen atoms in total. The maximum Gasteiger partial charge on any atom is 0.247 e. The lowest BCUT2D eigenvalue weighted by Crippen LogP contribution is -2.43. The van der Waals surface area contributed by atoms with E-state index in [2.05, 4.69) is 16.3 Å². The number of hydrogen-bond acceptors (Lipinski definition) is 3. The van der Waals surface area contributed by atoms with Gasteiger partial charge < -0.3 is 15.1 Å². The number of rotatable bonds is 5. The third-order valence-corrected chi connectivity index (χ3v) is 5.66.